The van der Waals surface area contributed by atoms with Crippen molar-refractivity contribution in [1.29, 1.82) is 0 Å². The molecule has 0 spiro atoms. The lowest BCUT2D eigenvalue weighted by atomic mass is 10.0. The molecule has 1 unspecified atom stereocenters. The summed E-state index contributed by atoms with van der Waals surface area (Å²) in [6.07, 6.45) is 0.716. The lowest BCUT2D eigenvalue weighted by Crippen LogP contribution is -2.54. The first-order valence-corrected chi connectivity index (χ1v) is 9.51. The number of imide groups is 2. The Labute approximate surface area is 167 Å². The lowest BCUT2D eigenvalue weighted by Gasteiger charge is -2.27. The van der Waals surface area contributed by atoms with Crippen molar-refractivity contribution in [3.63, 3.8) is 0 Å². The third-order valence-corrected chi connectivity index (χ3v) is 5.18. The van der Waals surface area contributed by atoms with Crippen LogP contribution in [0.25, 0.3) is 0 Å². The van der Waals surface area contributed by atoms with Gasteiger partial charge in [-0.2, -0.15) is 0 Å². The van der Waals surface area contributed by atoms with Crippen LogP contribution in [0.4, 0.5) is 0 Å². The summed E-state index contributed by atoms with van der Waals surface area (Å²) in [6, 6.07) is 13.9. The molecule has 1 N–H and O–H groups in total. The number of benzene rings is 2. The van der Waals surface area contributed by atoms with Crippen LogP contribution in [0.5, 0.6) is 0 Å². The zero-order valence-electron chi connectivity index (χ0n) is 15.7. The van der Waals surface area contributed by atoms with Crippen LogP contribution in [-0.2, 0) is 27.4 Å². The second kappa shape index (κ2) is 7.97. The van der Waals surface area contributed by atoms with Crippen molar-refractivity contribution < 1.29 is 23.9 Å². The molecule has 4 rings (SSSR count). The number of piperidine rings is 1. The van der Waals surface area contributed by atoms with E-state index < -0.39 is 23.8 Å². The Bertz CT molecular complexity index is 986. The number of fused-ring (bicyclic) bond motifs is 1. The van der Waals surface area contributed by atoms with Crippen molar-refractivity contribution >= 4 is 23.6 Å². The molecule has 148 valence electrons. The van der Waals surface area contributed by atoms with Gasteiger partial charge in [0.2, 0.25) is 11.8 Å². The molecule has 2 aromatic rings. The van der Waals surface area contributed by atoms with Crippen LogP contribution in [0.15, 0.2) is 48.5 Å². The van der Waals surface area contributed by atoms with Crippen molar-refractivity contribution in [2.75, 3.05) is 6.61 Å². The highest BCUT2D eigenvalue weighted by Gasteiger charge is 2.45. The molecule has 0 radical (unpaired) electrons. The fraction of sp³-hybridized carbons (Fsp3) is 0.273. The third-order valence-electron chi connectivity index (χ3n) is 5.18. The van der Waals surface area contributed by atoms with E-state index in [1.54, 1.807) is 18.2 Å². The van der Waals surface area contributed by atoms with E-state index in [1.165, 1.54) is 0 Å². The fourth-order valence-electron chi connectivity index (χ4n) is 3.74. The standard InChI is InChI=1S/C22H20N2O5/c25-18-10-9-17(20(26)23-18)24-21(27)16-8-4-7-15(19(16)22(24)28)11-12-29-13-14-5-2-1-3-6-14/h1-8,17H,9-13H2,(H,23,25,26). The van der Waals surface area contributed by atoms with Gasteiger partial charge in [0.25, 0.3) is 11.8 Å². The van der Waals surface area contributed by atoms with E-state index in [0.717, 1.165) is 10.5 Å². The SMILES string of the molecule is O=C1CCC(N2C(=O)c3cccc(CCOCc4ccccc4)c3C2=O)C(=O)N1. The van der Waals surface area contributed by atoms with Gasteiger partial charge in [-0.05, 0) is 30.0 Å². The Morgan fingerprint density at radius 2 is 1.76 bits per heavy atom. The summed E-state index contributed by atoms with van der Waals surface area (Å²) in [6.45, 7) is 0.858. The topological polar surface area (TPSA) is 92.8 Å². The first-order chi connectivity index (χ1) is 14.1. The summed E-state index contributed by atoms with van der Waals surface area (Å²) in [4.78, 5) is 50.4. The highest BCUT2D eigenvalue weighted by atomic mass is 16.5. The lowest BCUT2D eigenvalue weighted by molar-refractivity contribution is -0.136. The zero-order valence-corrected chi connectivity index (χ0v) is 15.7. The van der Waals surface area contributed by atoms with Gasteiger partial charge in [0, 0.05) is 6.42 Å². The van der Waals surface area contributed by atoms with Gasteiger partial charge in [-0.15, -0.1) is 0 Å². The minimum Gasteiger partial charge on any atom is -0.376 e. The molecule has 0 saturated carbocycles. The van der Waals surface area contributed by atoms with Crippen molar-refractivity contribution in [2.45, 2.75) is 31.9 Å². The summed E-state index contributed by atoms with van der Waals surface area (Å²) in [5.74, 6) is -1.98. The van der Waals surface area contributed by atoms with Gasteiger partial charge < -0.3 is 4.74 Å². The minimum absolute atomic E-state index is 0.101. The maximum Gasteiger partial charge on any atom is 0.262 e. The molecule has 1 atom stereocenters. The Hall–Kier alpha value is -3.32. The second-order valence-electron chi connectivity index (χ2n) is 7.08. The number of nitrogens with one attached hydrogen (secondary N) is 1. The molecular formula is C22H20N2O5. The van der Waals surface area contributed by atoms with Gasteiger partial charge >= 0.3 is 0 Å². The molecule has 2 aromatic carbocycles. The Balaban J connectivity index is 1.47. The van der Waals surface area contributed by atoms with Crippen molar-refractivity contribution in [3.05, 3.63) is 70.8 Å². The summed E-state index contributed by atoms with van der Waals surface area (Å²) in [7, 11) is 0. The van der Waals surface area contributed by atoms with E-state index in [-0.39, 0.29) is 18.7 Å². The Morgan fingerprint density at radius 3 is 2.52 bits per heavy atom. The van der Waals surface area contributed by atoms with Crippen molar-refractivity contribution in [3.8, 4) is 0 Å². The Morgan fingerprint density at radius 1 is 0.966 bits per heavy atom. The molecule has 0 aliphatic carbocycles. The van der Waals surface area contributed by atoms with Crippen LogP contribution in [0.3, 0.4) is 0 Å². The maximum absolute atomic E-state index is 13.0. The number of hydrogen-bond acceptors (Lipinski definition) is 5. The van der Waals surface area contributed by atoms with Crippen LogP contribution < -0.4 is 5.32 Å². The van der Waals surface area contributed by atoms with E-state index in [2.05, 4.69) is 5.32 Å². The van der Waals surface area contributed by atoms with Gasteiger partial charge in [0.1, 0.15) is 6.04 Å². The van der Waals surface area contributed by atoms with E-state index in [0.29, 0.717) is 36.3 Å². The number of amides is 4. The van der Waals surface area contributed by atoms with Crippen molar-refractivity contribution in [1.82, 2.24) is 10.2 Å². The van der Waals surface area contributed by atoms with E-state index >= 15 is 0 Å². The highest BCUT2D eigenvalue weighted by molar-refractivity contribution is 6.24. The molecule has 2 heterocycles. The maximum atomic E-state index is 13.0. The van der Waals surface area contributed by atoms with Gasteiger partial charge in [-0.3, -0.25) is 29.4 Å². The molecule has 1 fully saturated rings. The smallest absolute Gasteiger partial charge is 0.262 e. The molecule has 4 amide bonds. The molecule has 2 aliphatic rings. The zero-order chi connectivity index (χ0) is 20.4. The van der Waals surface area contributed by atoms with Gasteiger partial charge in [0.05, 0.1) is 24.3 Å². The molecule has 0 bridgehead atoms. The number of carbonyl (C=O) groups excluding carboxylic acids is 4. The van der Waals surface area contributed by atoms with Gasteiger partial charge in [-0.25, -0.2) is 0 Å². The summed E-state index contributed by atoms with van der Waals surface area (Å²) in [5.41, 5.74) is 2.38. The Kier molecular flexibility index (Phi) is 5.22. The quantitative estimate of drug-likeness (QED) is 0.598. The molecule has 29 heavy (non-hydrogen) atoms. The fourth-order valence-corrected chi connectivity index (χ4v) is 3.74. The number of carbonyl (C=O) groups is 4. The van der Waals surface area contributed by atoms with E-state index in [1.807, 2.05) is 30.3 Å². The van der Waals surface area contributed by atoms with Crippen LogP contribution >= 0.6 is 0 Å². The molecule has 0 aromatic heterocycles. The van der Waals surface area contributed by atoms with Gasteiger partial charge in [0.15, 0.2) is 0 Å². The highest BCUT2D eigenvalue weighted by Crippen LogP contribution is 2.30. The monoisotopic (exact) mass is 392 g/mol. The average molecular weight is 392 g/mol. The number of ether oxygens (including phenoxy) is 1. The van der Waals surface area contributed by atoms with Crippen LogP contribution in [0.2, 0.25) is 0 Å². The largest absolute Gasteiger partial charge is 0.376 e. The summed E-state index contributed by atoms with van der Waals surface area (Å²) < 4.78 is 5.71. The normalized spacial score (nSPS) is 18.8. The summed E-state index contributed by atoms with van der Waals surface area (Å²) >= 11 is 0. The van der Waals surface area contributed by atoms with Crippen LogP contribution in [0.1, 0.15) is 44.7 Å². The van der Waals surface area contributed by atoms with Crippen LogP contribution in [0, 0.1) is 0 Å². The van der Waals surface area contributed by atoms with Gasteiger partial charge in [-0.1, -0.05) is 42.5 Å². The predicted octanol–water partition coefficient (Wildman–Crippen LogP) is 1.85. The van der Waals surface area contributed by atoms with Crippen molar-refractivity contribution in [2.24, 2.45) is 0 Å². The molecular weight excluding hydrogens is 372 g/mol. The first-order valence-electron chi connectivity index (χ1n) is 9.51. The number of nitrogens with zero attached hydrogens (tertiary/aromatic N) is 1. The molecule has 7 heteroatoms. The minimum atomic E-state index is -0.956. The van der Waals surface area contributed by atoms with Crippen LogP contribution in [-0.4, -0.2) is 41.2 Å². The predicted molar refractivity (Wildman–Crippen MR) is 103 cm³/mol. The summed E-state index contributed by atoms with van der Waals surface area (Å²) in [5, 5.41) is 2.20. The molecule has 7 nitrogen and oxygen atoms in total. The average Bonchev–Trinajstić information content (AvgIpc) is 2.98. The van der Waals surface area contributed by atoms with E-state index in [9.17, 15) is 19.2 Å². The molecule has 1 saturated heterocycles. The van der Waals surface area contributed by atoms with E-state index in [4.69, 9.17) is 4.74 Å². The number of rotatable bonds is 6. The third kappa shape index (κ3) is 3.69. The molecule has 2 aliphatic heterocycles. The first kappa shape index (κ1) is 19.0. The number of hydrogen-bond donors (Lipinski definition) is 1. The second-order valence-corrected chi connectivity index (χ2v) is 7.08.